The van der Waals surface area contributed by atoms with Crippen molar-refractivity contribution >= 4 is 5.82 Å². The standard InChI is InChI=1S/C12H17F3N4/c13-12(14,15)9-18-4-6-19(7-5-18)11-10(8-16)2-1-3-17-11/h1-3H,4-9,16H2. The lowest BCUT2D eigenvalue weighted by Crippen LogP contribution is -2.49. The fraction of sp³-hybridized carbons (Fsp3) is 0.583. The van der Waals surface area contributed by atoms with Crippen LogP contribution < -0.4 is 10.6 Å². The molecule has 0 amide bonds. The molecule has 1 aliphatic heterocycles. The highest BCUT2D eigenvalue weighted by Gasteiger charge is 2.32. The van der Waals surface area contributed by atoms with Crippen LogP contribution in [0.3, 0.4) is 0 Å². The molecule has 1 fully saturated rings. The number of alkyl halides is 3. The van der Waals surface area contributed by atoms with E-state index in [4.69, 9.17) is 5.73 Å². The molecule has 0 unspecified atom stereocenters. The Labute approximate surface area is 110 Å². The fourth-order valence-corrected chi connectivity index (χ4v) is 2.25. The van der Waals surface area contributed by atoms with E-state index >= 15 is 0 Å². The first-order valence-corrected chi connectivity index (χ1v) is 6.17. The molecule has 0 radical (unpaired) electrons. The molecule has 1 saturated heterocycles. The smallest absolute Gasteiger partial charge is 0.354 e. The van der Waals surface area contributed by atoms with Gasteiger partial charge in [-0.15, -0.1) is 0 Å². The Morgan fingerprint density at radius 1 is 1.21 bits per heavy atom. The summed E-state index contributed by atoms with van der Waals surface area (Å²) in [6, 6.07) is 3.70. The van der Waals surface area contributed by atoms with E-state index in [9.17, 15) is 13.2 Å². The lowest BCUT2D eigenvalue weighted by molar-refractivity contribution is -0.146. The second-order valence-corrected chi connectivity index (χ2v) is 4.57. The molecule has 1 aliphatic rings. The van der Waals surface area contributed by atoms with Crippen LogP contribution in [0.4, 0.5) is 19.0 Å². The SMILES string of the molecule is NCc1cccnc1N1CCN(CC(F)(F)F)CC1. The summed E-state index contributed by atoms with van der Waals surface area (Å²) in [4.78, 5) is 7.69. The zero-order chi connectivity index (χ0) is 13.9. The van der Waals surface area contributed by atoms with Gasteiger partial charge in [0.2, 0.25) is 0 Å². The third-order valence-electron chi connectivity index (χ3n) is 3.16. The summed E-state index contributed by atoms with van der Waals surface area (Å²) in [5, 5.41) is 0. The molecule has 0 aromatic carbocycles. The Morgan fingerprint density at radius 2 is 1.89 bits per heavy atom. The molecule has 0 aliphatic carbocycles. The predicted octanol–water partition coefficient (Wildman–Crippen LogP) is 1.22. The van der Waals surface area contributed by atoms with Crippen molar-refractivity contribution < 1.29 is 13.2 Å². The Bertz CT molecular complexity index is 414. The summed E-state index contributed by atoms with van der Waals surface area (Å²) in [7, 11) is 0. The molecule has 0 saturated carbocycles. The second-order valence-electron chi connectivity index (χ2n) is 4.57. The van der Waals surface area contributed by atoms with Gasteiger partial charge in [-0.25, -0.2) is 4.98 Å². The van der Waals surface area contributed by atoms with Crippen LogP contribution in [0.5, 0.6) is 0 Å². The highest BCUT2D eigenvalue weighted by molar-refractivity contribution is 5.47. The summed E-state index contributed by atoms with van der Waals surface area (Å²) >= 11 is 0. The molecule has 1 aromatic heterocycles. The zero-order valence-electron chi connectivity index (χ0n) is 10.5. The zero-order valence-corrected chi connectivity index (χ0v) is 10.5. The van der Waals surface area contributed by atoms with Crippen molar-refractivity contribution in [2.45, 2.75) is 12.7 Å². The van der Waals surface area contributed by atoms with Gasteiger partial charge in [-0.1, -0.05) is 6.07 Å². The number of piperazine rings is 1. The van der Waals surface area contributed by atoms with Crippen LogP contribution in [0.1, 0.15) is 5.56 Å². The van der Waals surface area contributed by atoms with Gasteiger partial charge >= 0.3 is 6.18 Å². The lowest BCUT2D eigenvalue weighted by atomic mass is 10.2. The van der Waals surface area contributed by atoms with Crippen LogP contribution in [0.25, 0.3) is 0 Å². The summed E-state index contributed by atoms with van der Waals surface area (Å²) in [6.07, 6.45) is -2.45. The van der Waals surface area contributed by atoms with E-state index in [1.54, 1.807) is 6.20 Å². The van der Waals surface area contributed by atoms with E-state index in [-0.39, 0.29) is 0 Å². The highest BCUT2D eigenvalue weighted by Crippen LogP contribution is 2.21. The van der Waals surface area contributed by atoms with Gasteiger partial charge in [0.1, 0.15) is 5.82 Å². The highest BCUT2D eigenvalue weighted by atomic mass is 19.4. The number of hydrogen-bond acceptors (Lipinski definition) is 4. The number of hydrogen-bond donors (Lipinski definition) is 1. The topological polar surface area (TPSA) is 45.4 Å². The van der Waals surface area contributed by atoms with Crippen LogP contribution >= 0.6 is 0 Å². The van der Waals surface area contributed by atoms with Crippen molar-refractivity contribution in [1.82, 2.24) is 9.88 Å². The Kier molecular flexibility index (Phi) is 4.26. The monoisotopic (exact) mass is 274 g/mol. The van der Waals surface area contributed by atoms with Crippen LogP contribution in [0, 0.1) is 0 Å². The van der Waals surface area contributed by atoms with Crippen molar-refractivity contribution in [3.63, 3.8) is 0 Å². The summed E-state index contributed by atoms with van der Waals surface area (Å²) in [5.74, 6) is 0.789. The van der Waals surface area contributed by atoms with Crippen LogP contribution in [-0.2, 0) is 6.54 Å². The minimum absolute atomic E-state index is 0.381. The Balaban J connectivity index is 1.96. The number of halogens is 3. The van der Waals surface area contributed by atoms with Gasteiger partial charge in [0.25, 0.3) is 0 Å². The van der Waals surface area contributed by atoms with Crippen LogP contribution in [-0.4, -0.2) is 48.8 Å². The number of aromatic nitrogens is 1. The van der Waals surface area contributed by atoms with E-state index < -0.39 is 12.7 Å². The lowest BCUT2D eigenvalue weighted by Gasteiger charge is -2.36. The van der Waals surface area contributed by atoms with Crippen molar-refractivity contribution in [3.05, 3.63) is 23.9 Å². The Morgan fingerprint density at radius 3 is 2.47 bits per heavy atom. The van der Waals surface area contributed by atoms with Crippen molar-refractivity contribution in [2.24, 2.45) is 5.73 Å². The van der Waals surface area contributed by atoms with Crippen LogP contribution in [0.2, 0.25) is 0 Å². The van der Waals surface area contributed by atoms with Crippen molar-refractivity contribution in [3.8, 4) is 0 Å². The average Bonchev–Trinajstić information content (AvgIpc) is 2.38. The summed E-state index contributed by atoms with van der Waals surface area (Å²) in [5.41, 5.74) is 6.56. The molecule has 4 nitrogen and oxygen atoms in total. The molecule has 1 aromatic rings. The molecule has 2 N–H and O–H groups in total. The molecule has 106 valence electrons. The molecular weight excluding hydrogens is 257 g/mol. The van der Waals surface area contributed by atoms with Gasteiger partial charge in [-0.2, -0.15) is 13.2 Å². The first-order chi connectivity index (χ1) is 8.99. The third-order valence-corrected chi connectivity index (χ3v) is 3.16. The number of rotatable bonds is 3. The van der Waals surface area contributed by atoms with Crippen LogP contribution in [0.15, 0.2) is 18.3 Å². The normalized spacial score (nSPS) is 17.8. The molecule has 0 bridgehead atoms. The van der Waals surface area contributed by atoms with Gasteiger partial charge in [0.15, 0.2) is 0 Å². The number of pyridine rings is 1. The fourth-order valence-electron chi connectivity index (χ4n) is 2.25. The summed E-state index contributed by atoms with van der Waals surface area (Å²) in [6.45, 7) is 1.40. The largest absolute Gasteiger partial charge is 0.401 e. The van der Waals surface area contributed by atoms with Gasteiger partial charge in [-0.3, -0.25) is 4.90 Å². The molecule has 7 heteroatoms. The second kappa shape index (κ2) is 5.75. The van der Waals surface area contributed by atoms with E-state index in [2.05, 4.69) is 4.98 Å². The molecule has 2 rings (SSSR count). The van der Waals surface area contributed by atoms with Crippen molar-refractivity contribution in [2.75, 3.05) is 37.6 Å². The maximum absolute atomic E-state index is 12.3. The van der Waals surface area contributed by atoms with E-state index in [1.165, 1.54) is 4.90 Å². The maximum atomic E-state index is 12.3. The third kappa shape index (κ3) is 3.81. The van der Waals surface area contributed by atoms with Gasteiger partial charge in [-0.05, 0) is 6.07 Å². The first kappa shape index (κ1) is 14.1. The quantitative estimate of drug-likeness (QED) is 0.900. The molecule has 19 heavy (non-hydrogen) atoms. The summed E-state index contributed by atoms with van der Waals surface area (Å²) < 4.78 is 36.9. The van der Waals surface area contributed by atoms with E-state index in [0.717, 1.165) is 11.4 Å². The number of nitrogens with zero attached hydrogens (tertiary/aromatic N) is 3. The Hall–Kier alpha value is -1.34. The predicted molar refractivity (Wildman–Crippen MR) is 66.8 cm³/mol. The molecule has 0 spiro atoms. The molecule has 2 heterocycles. The molecular formula is C12H17F3N4. The van der Waals surface area contributed by atoms with Crippen molar-refractivity contribution in [1.29, 1.82) is 0 Å². The number of anilines is 1. The number of nitrogens with two attached hydrogens (primary N) is 1. The first-order valence-electron chi connectivity index (χ1n) is 6.17. The molecule has 0 atom stereocenters. The van der Waals surface area contributed by atoms with E-state index in [0.29, 0.717) is 32.7 Å². The average molecular weight is 274 g/mol. The van der Waals surface area contributed by atoms with E-state index in [1.807, 2.05) is 17.0 Å². The minimum Gasteiger partial charge on any atom is -0.354 e. The van der Waals surface area contributed by atoms with Gasteiger partial charge in [0.05, 0.1) is 6.54 Å². The maximum Gasteiger partial charge on any atom is 0.401 e. The van der Waals surface area contributed by atoms with Gasteiger partial charge in [0, 0.05) is 44.5 Å². The minimum atomic E-state index is -4.13. The van der Waals surface area contributed by atoms with Gasteiger partial charge < -0.3 is 10.6 Å².